The quantitative estimate of drug-likeness (QED) is 0.0321. The smallest absolute Gasteiger partial charge is 0.305 e. The lowest BCUT2D eigenvalue weighted by molar-refractivity contribution is -0.143. The first-order chi connectivity index (χ1) is 34.0. The summed E-state index contributed by atoms with van der Waals surface area (Å²) >= 11 is 0. The van der Waals surface area contributed by atoms with E-state index in [4.69, 9.17) is 4.74 Å². The fourth-order valence-electron chi connectivity index (χ4n) is 9.69. The molecule has 0 radical (unpaired) electrons. The Labute approximate surface area is 431 Å². The number of hydrogen-bond acceptors (Lipinski definition) is 5. The Morgan fingerprint density at radius 2 is 0.681 bits per heavy atom. The van der Waals surface area contributed by atoms with Gasteiger partial charge in [-0.1, -0.05) is 295 Å². The number of amides is 1. The van der Waals surface area contributed by atoms with Gasteiger partial charge >= 0.3 is 5.97 Å². The first-order valence-corrected chi connectivity index (χ1v) is 31.1. The SMILES string of the molecule is CCCCCCCCC/C=C/C(O)C(CO)NC(=O)CCCCCCCCCCCCC/C=C\CCCCCCCCCCCCCCOC(=O)CCCCCCCCCCCCCCCCCC. The molecule has 0 fully saturated rings. The summed E-state index contributed by atoms with van der Waals surface area (Å²) in [5, 5.41) is 22.9. The van der Waals surface area contributed by atoms with Crippen LogP contribution in [0.2, 0.25) is 0 Å². The number of aliphatic hydroxyl groups is 2. The van der Waals surface area contributed by atoms with Crippen molar-refractivity contribution in [1.29, 1.82) is 0 Å². The first-order valence-electron chi connectivity index (χ1n) is 31.1. The van der Waals surface area contributed by atoms with E-state index in [-0.39, 0.29) is 18.5 Å². The molecule has 2 unspecified atom stereocenters. The zero-order valence-electron chi connectivity index (χ0n) is 46.6. The maximum Gasteiger partial charge on any atom is 0.305 e. The van der Waals surface area contributed by atoms with Gasteiger partial charge in [-0.15, -0.1) is 0 Å². The maximum absolute atomic E-state index is 12.4. The van der Waals surface area contributed by atoms with E-state index < -0.39 is 12.1 Å². The number of hydrogen-bond donors (Lipinski definition) is 3. The number of carbonyl (C=O) groups is 2. The summed E-state index contributed by atoms with van der Waals surface area (Å²) in [6, 6.07) is -0.626. The van der Waals surface area contributed by atoms with Gasteiger partial charge in [-0.05, 0) is 57.8 Å². The highest BCUT2D eigenvalue weighted by atomic mass is 16.5. The van der Waals surface area contributed by atoms with E-state index >= 15 is 0 Å². The van der Waals surface area contributed by atoms with Gasteiger partial charge < -0.3 is 20.3 Å². The van der Waals surface area contributed by atoms with Crippen LogP contribution < -0.4 is 5.32 Å². The molecule has 6 heteroatoms. The predicted molar refractivity (Wildman–Crippen MR) is 301 cm³/mol. The number of unbranched alkanes of at least 4 members (excludes halogenated alkanes) is 45. The van der Waals surface area contributed by atoms with Crippen LogP contribution in [-0.4, -0.2) is 47.4 Å². The number of allylic oxidation sites excluding steroid dienone is 3. The lowest BCUT2D eigenvalue weighted by atomic mass is 10.0. The van der Waals surface area contributed by atoms with Gasteiger partial charge in [0, 0.05) is 12.8 Å². The third-order valence-electron chi connectivity index (χ3n) is 14.5. The number of ether oxygens (including phenoxy) is 1. The Morgan fingerprint density at radius 3 is 1.03 bits per heavy atom. The number of aliphatic hydroxyl groups excluding tert-OH is 2. The first kappa shape index (κ1) is 67.3. The van der Waals surface area contributed by atoms with Crippen LogP contribution in [0.4, 0.5) is 0 Å². The second-order valence-corrected chi connectivity index (χ2v) is 21.4. The van der Waals surface area contributed by atoms with Crippen molar-refractivity contribution < 1.29 is 24.5 Å². The Hall–Kier alpha value is -1.66. The summed E-state index contributed by atoms with van der Waals surface area (Å²) < 4.78 is 5.50. The molecule has 0 aromatic rings. The van der Waals surface area contributed by atoms with Crippen molar-refractivity contribution in [2.24, 2.45) is 0 Å². The van der Waals surface area contributed by atoms with Gasteiger partial charge in [0.05, 0.1) is 25.4 Å². The monoisotopic (exact) mass is 972 g/mol. The van der Waals surface area contributed by atoms with Gasteiger partial charge in [0.15, 0.2) is 0 Å². The van der Waals surface area contributed by atoms with Crippen molar-refractivity contribution in [2.45, 2.75) is 353 Å². The minimum atomic E-state index is -0.842. The van der Waals surface area contributed by atoms with Crippen LogP contribution in [0.1, 0.15) is 341 Å². The van der Waals surface area contributed by atoms with E-state index in [2.05, 4.69) is 31.3 Å². The fourth-order valence-corrected chi connectivity index (χ4v) is 9.69. The van der Waals surface area contributed by atoms with Crippen molar-refractivity contribution in [3.63, 3.8) is 0 Å². The molecule has 0 saturated carbocycles. The molecule has 0 aliphatic rings. The zero-order valence-corrected chi connectivity index (χ0v) is 46.6. The minimum absolute atomic E-state index is 0.0183. The van der Waals surface area contributed by atoms with Gasteiger partial charge in [-0.3, -0.25) is 9.59 Å². The summed E-state index contributed by atoms with van der Waals surface area (Å²) in [5.74, 6) is -0.0524. The molecule has 0 bridgehead atoms. The number of carbonyl (C=O) groups excluding carboxylic acids is 2. The Bertz CT molecular complexity index is 1080. The number of esters is 1. The molecule has 3 N–H and O–H groups in total. The Morgan fingerprint density at radius 1 is 0.391 bits per heavy atom. The summed E-state index contributed by atoms with van der Waals surface area (Å²) in [4.78, 5) is 24.5. The lowest BCUT2D eigenvalue weighted by Gasteiger charge is -2.20. The van der Waals surface area contributed by atoms with Crippen molar-refractivity contribution in [2.75, 3.05) is 13.2 Å². The Kier molecular flexibility index (Phi) is 57.5. The van der Waals surface area contributed by atoms with E-state index in [9.17, 15) is 19.8 Å². The normalized spacial score (nSPS) is 12.7. The maximum atomic E-state index is 12.4. The number of nitrogens with one attached hydrogen (secondary N) is 1. The molecule has 0 saturated heterocycles. The van der Waals surface area contributed by atoms with Crippen LogP contribution in [0, 0.1) is 0 Å². The topological polar surface area (TPSA) is 95.9 Å². The van der Waals surface area contributed by atoms with E-state index in [1.807, 2.05) is 6.08 Å². The fraction of sp³-hybridized carbons (Fsp3) is 0.905. The molecule has 69 heavy (non-hydrogen) atoms. The van der Waals surface area contributed by atoms with Crippen LogP contribution in [0.25, 0.3) is 0 Å². The molecule has 6 nitrogen and oxygen atoms in total. The van der Waals surface area contributed by atoms with Crippen LogP contribution in [-0.2, 0) is 14.3 Å². The average molecular weight is 973 g/mol. The van der Waals surface area contributed by atoms with Crippen molar-refractivity contribution in [3.8, 4) is 0 Å². The zero-order chi connectivity index (χ0) is 50.0. The van der Waals surface area contributed by atoms with Crippen LogP contribution in [0.15, 0.2) is 24.3 Å². The molecule has 0 aliphatic heterocycles. The summed E-state index contributed by atoms with van der Waals surface area (Å²) in [5.41, 5.74) is 0. The van der Waals surface area contributed by atoms with E-state index in [0.717, 1.165) is 38.5 Å². The van der Waals surface area contributed by atoms with Gasteiger partial charge in [0.1, 0.15) is 0 Å². The molecule has 0 rings (SSSR count). The highest BCUT2D eigenvalue weighted by molar-refractivity contribution is 5.76. The summed E-state index contributed by atoms with van der Waals surface area (Å²) in [7, 11) is 0. The van der Waals surface area contributed by atoms with Crippen LogP contribution in [0.5, 0.6) is 0 Å². The molecule has 0 spiro atoms. The van der Waals surface area contributed by atoms with Gasteiger partial charge in [-0.25, -0.2) is 0 Å². The molecule has 0 heterocycles. The molecule has 1 amide bonds. The minimum Gasteiger partial charge on any atom is -0.466 e. The average Bonchev–Trinajstić information content (AvgIpc) is 3.35. The van der Waals surface area contributed by atoms with Crippen molar-refractivity contribution in [3.05, 3.63) is 24.3 Å². The molecular weight excluding hydrogens is 851 g/mol. The third-order valence-corrected chi connectivity index (χ3v) is 14.5. The largest absolute Gasteiger partial charge is 0.466 e. The second-order valence-electron chi connectivity index (χ2n) is 21.4. The molecule has 2 atom stereocenters. The van der Waals surface area contributed by atoms with Crippen LogP contribution in [0.3, 0.4) is 0 Å². The van der Waals surface area contributed by atoms with E-state index in [1.165, 1.54) is 276 Å². The molecule has 0 aromatic heterocycles. The summed E-state index contributed by atoms with van der Waals surface area (Å²) in [6.45, 7) is 4.90. The third kappa shape index (κ3) is 55.5. The lowest BCUT2D eigenvalue weighted by Crippen LogP contribution is -2.45. The molecule has 0 aliphatic carbocycles. The van der Waals surface area contributed by atoms with Gasteiger partial charge in [-0.2, -0.15) is 0 Å². The number of rotatable bonds is 58. The predicted octanol–water partition coefficient (Wildman–Crippen LogP) is 19.4. The highest BCUT2D eigenvalue weighted by Crippen LogP contribution is 2.17. The molecule has 408 valence electrons. The summed E-state index contributed by atoms with van der Waals surface area (Å²) in [6.07, 6.45) is 72.4. The molecule has 0 aromatic carbocycles. The van der Waals surface area contributed by atoms with Crippen LogP contribution >= 0.6 is 0 Å². The second kappa shape index (κ2) is 58.9. The standard InChI is InChI=1S/C63H121NO5/c1-3-5-7-9-11-13-14-15-16-31-34-37-41-45-49-53-57-63(68)69-58-54-50-46-42-38-35-32-29-27-25-23-21-19-17-18-20-22-24-26-28-30-33-36-40-44-48-52-56-62(67)64-60(59-65)61(66)55-51-47-43-39-12-10-8-6-4-2/h17-18,51,55,60-61,65-66H,3-16,19-50,52-54,56-59H2,1-2H3,(H,64,67)/b18-17-,55-51+. The van der Waals surface area contributed by atoms with Gasteiger partial charge in [0.2, 0.25) is 5.91 Å². The Balaban J connectivity index is 3.35. The van der Waals surface area contributed by atoms with Crippen molar-refractivity contribution in [1.82, 2.24) is 5.32 Å². The highest BCUT2D eigenvalue weighted by Gasteiger charge is 2.18. The van der Waals surface area contributed by atoms with Crippen molar-refractivity contribution >= 4 is 11.9 Å². The molecular formula is C63H121NO5. The van der Waals surface area contributed by atoms with Gasteiger partial charge in [0.25, 0.3) is 0 Å². The van der Waals surface area contributed by atoms with E-state index in [0.29, 0.717) is 19.4 Å². The van der Waals surface area contributed by atoms with E-state index in [1.54, 1.807) is 6.08 Å².